The van der Waals surface area contributed by atoms with E-state index in [1.165, 1.54) is 4.90 Å². The van der Waals surface area contributed by atoms with Crippen molar-refractivity contribution in [2.24, 2.45) is 0 Å². The smallest absolute Gasteiger partial charge is 0.407 e. The molecule has 37 heavy (non-hydrogen) atoms. The number of hydrogen-bond donors (Lipinski definition) is 2. The van der Waals surface area contributed by atoms with Crippen LogP contribution in [0.4, 0.5) is 10.5 Å². The van der Waals surface area contributed by atoms with E-state index in [-0.39, 0.29) is 18.4 Å². The van der Waals surface area contributed by atoms with Crippen molar-refractivity contribution in [2.75, 3.05) is 18.4 Å². The number of hydrogen-bond acceptors (Lipinski definition) is 6. The van der Waals surface area contributed by atoms with E-state index >= 15 is 0 Å². The summed E-state index contributed by atoms with van der Waals surface area (Å²) in [5, 5.41) is 10.7. The molecular formula is C29H29N3O4S. The lowest BCUT2D eigenvalue weighted by Gasteiger charge is -2.28. The first-order chi connectivity index (χ1) is 17.7. The number of anilines is 1. The van der Waals surface area contributed by atoms with Gasteiger partial charge in [-0.05, 0) is 67.8 Å². The minimum Gasteiger partial charge on any atom is -0.444 e. The van der Waals surface area contributed by atoms with Crippen LogP contribution in [0.15, 0.2) is 60.0 Å². The number of fused-ring (bicyclic) bond motifs is 1. The van der Waals surface area contributed by atoms with Crippen LogP contribution in [0.3, 0.4) is 0 Å². The van der Waals surface area contributed by atoms with Crippen molar-refractivity contribution in [2.45, 2.75) is 39.3 Å². The summed E-state index contributed by atoms with van der Waals surface area (Å²) < 4.78 is 6.38. The van der Waals surface area contributed by atoms with Crippen molar-refractivity contribution < 1.29 is 19.1 Å². The number of amides is 3. The first-order valence-electron chi connectivity index (χ1n) is 12.3. The molecule has 4 aromatic rings. The molecule has 2 N–H and O–H groups in total. The standard InChI is InChI=1S/C29H29N3O4S/c1-29(2,3)36-28(35)31-15-7-14-30-23-13-12-22-25-20(23)9-6-10-21(25)26(33)32(27(22)34)16-18-17-37-24-11-5-4-8-19(18)24/h4-6,8-13,17,30H,7,14-16H2,1-3H3,(H,31,35). The molecule has 3 amide bonds. The Labute approximate surface area is 219 Å². The molecule has 190 valence electrons. The van der Waals surface area contributed by atoms with Crippen LogP contribution in [0, 0.1) is 0 Å². The van der Waals surface area contributed by atoms with Gasteiger partial charge in [0.15, 0.2) is 0 Å². The van der Waals surface area contributed by atoms with E-state index < -0.39 is 11.7 Å². The minimum atomic E-state index is -0.534. The Hall–Kier alpha value is -3.91. The molecule has 1 aliphatic rings. The summed E-state index contributed by atoms with van der Waals surface area (Å²) >= 11 is 1.61. The van der Waals surface area contributed by atoms with Crippen molar-refractivity contribution in [3.05, 3.63) is 76.7 Å². The zero-order valence-electron chi connectivity index (χ0n) is 21.1. The summed E-state index contributed by atoms with van der Waals surface area (Å²) in [4.78, 5) is 40.1. The van der Waals surface area contributed by atoms with Gasteiger partial charge in [0, 0.05) is 45.4 Å². The van der Waals surface area contributed by atoms with Gasteiger partial charge in [0.05, 0.1) is 6.54 Å². The number of alkyl carbamates (subject to hydrolysis) is 1. The lowest BCUT2D eigenvalue weighted by atomic mass is 9.92. The SMILES string of the molecule is CC(C)(C)OC(=O)NCCCNc1ccc2c3c(cccc13)C(=O)N(Cc1csc3ccccc13)C2=O. The molecule has 0 saturated carbocycles. The molecule has 0 fully saturated rings. The molecule has 7 nitrogen and oxygen atoms in total. The van der Waals surface area contributed by atoms with Crippen LogP contribution in [-0.4, -0.2) is 41.5 Å². The topological polar surface area (TPSA) is 87.7 Å². The highest BCUT2D eigenvalue weighted by atomic mass is 32.1. The second kappa shape index (κ2) is 9.86. The molecule has 2 heterocycles. The summed E-state index contributed by atoms with van der Waals surface area (Å²) in [6.45, 7) is 6.78. The molecule has 0 unspecified atom stereocenters. The van der Waals surface area contributed by atoms with E-state index in [1.807, 2.05) is 68.6 Å². The van der Waals surface area contributed by atoms with E-state index in [9.17, 15) is 14.4 Å². The fraction of sp³-hybridized carbons (Fsp3) is 0.276. The number of carbonyl (C=O) groups is 3. The Kier molecular flexibility index (Phi) is 6.60. The number of rotatable bonds is 7. The molecular weight excluding hydrogens is 486 g/mol. The van der Waals surface area contributed by atoms with E-state index in [2.05, 4.69) is 10.6 Å². The molecule has 5 rings (SSSR count). The number of thiophene rings is 1. The van der Waals surface area contributed by atoms with Gasteiger partial charge in [0.2, 0.25) is 0 Å². The first-order valence-corrected chi connectivity index (χ1v) is 13.2. The third-order valence-corrected chi connectivity index (χ3v) is 7.23. The van der Waals surface area contributed by atoms with Gasteiger partial charge >= 0.3 is 6.09 Å². The van der Waals surface area contributed by atoms with Crippen LogP contribution >= 0.6 is 11.3 Å². The Bertz CT molecular complexity index is 1500. The van der Waals surface area contributed by atoms with Crippen LogP contribution in [0.25, 0.3) is 20.9 Å². The van der Waals surface area contributed by atoms with E-state index in [4.69, 9.17) is 4.74 Å². The number of carbonyl (C=O) groups excluding carboxylic acids is 3. The van der Waals surface area contributed by atoms with Crippen molar-refractivity contribution >= 4 is 55.8 Å². The number of imide groups is 1. The highest BCUT2D eigenvalue weighted by Gasteiger charge is 2.33. The molecule has 3 aromatic carbocycles. The minimum absolute atomic E-state index is 0.238. The molecule has 0 bridgehead atoms. The lowest BCUT2D eigenvalue weighted by molar-refractivity contribution is 0.0525. The summed E-state index contributed by atoms with van der Waals surface area (Å²) in [6.07, 6.45) is 0.244. The van der Waals surface area contributed by atoms with Crippen LogP contribution in [-0.2, 0) is 11.3 Å². The third kappa shape index (κ3) is 5.02. The van der Waals surface area contributed by atoms with E-state index in [0.29, 0.717) is 36.0 Å². The molecule has 0 spiro atoms. The van der Waals surface area contributed by atoms with Crippen molar-refractivity contribution in [1.29, 1.82) is 0 Å². The van der Waals surface area contributed by atoms with Gasteiger partial charge in [-0.15, -0.1) is 11.3 Å². The van der Waals surface area contributed by atoms with Gasteiger partial charge < -0.3 is 15.4 Å². The molecule has 1 aromatic heterocycles. The quantitative estimate of drug-likeness (QED) is 0.227. The number of benzene rings is 3. The zero-order valence-corrected chi connectivity index (χ0v) is 21.9. The van der Waals surface area contributed by atoms with Crippen LogP contribution in [0.2, 0.25) is 0 Å². The molecule has 0 atom stereocenters. The molecule has 0 saturated heterocycles. The normalized spacial score (nSPS) is 13.3. The Morgan fingerprint density at radius 1 is 0.919 bits per heavy atom. The molecule has 1 aliphatic heterocycles. The van der Waals surface area contributed by atoms with Gasteiger partial charge in [0.25, 0.3) is 11.8 Å². The van der Waals surface area contributed by atoms with Gasteiger partial charge in [0.1, 0.15) is 5.60 Å². The monoisotopic (exact) mass is 515 g/mol. The van der Waals surface area contributed by atoms with Crippen LogP contribution < -0.4 is 10.6 Å². The predicted octanol–water partition coefficient (Wildman–Crippen LogP) is 6.18. The van der Waals surface area contributed by atoms with E-state index in [1.54, 1.807) is 23.5 Å². The van der Waals surface area contributed by atoms with Gasteiger partial charge in [-0.3, -0.25) is 14.5 Å². The summed E-state index contributed by atoms with van der Waals surface area (Å²) in [6, 6.07) is 17.3. The highest BCUT2D eigenvalue weighted by Crippen LogP contribution is 2.36. The van der Waals surface area contributed by atoms with Gasteiger partial charge in [-0.1, -0.05) is 30.3 Å². The summed E-state index contributed by atoms with van der Waals surface area (Å²) in [5.41, 5.74) is 2.34. The maximum atomic E-state index is 13.5. The first kappa shape index (κ1) is 24.8. The largest absolute Gasteiger partial charge is 0.444 e. The lowest BCUT2D eigenvalue weighted by Crippen LogP contribution is -2.39. The molecule has 0 aliphatic carbocycles. The van der Waals surface area contributed by atoms with Crippen molar-refractivity contribution in [1.82, 2.24) is 10.2 Å². The Morgan fingerprint density at radius 2 is 1.65 bits per heavy atom. The average Bonchev–Trinajstić information content (AvgIpc) is 3.27. The second-order valence-corrected chi connectivity index (χ2v) is 11.0. The highest BCUT2D eigenvalue weighted by molar-refractivity contribution is 7.17. The summed E-state index contributed by atoms with van der Waals surface area (Å²) in [7, 11) is 0. The van der Waals surface area contributed by atoms with E-state index in [0.717, 1.165) is 26.7 Å². The van der Waals surface area contributed by atoms with Crippen LogP contribution in [0.5, 0.6) is 0 Å². The molecule has 0 radical (unpaired) electrons. The maximum absolute atomic E-state index is 13.5. The predicted molar refractivity (Wildman–Crippen MR) is 147 cm³/mol. The van der Waals surface area contributed by atoms with Gasteiger partial charge in [-0.25, -0.2) is 4.79 Å². The summed E-state index contributed by atoms with van der Waals surface area (Å²) in [5.74, 6) is -0.561. The van der Waals surface area contributed by atoms with Crippen molar-refractivity contribution in [3.63, 3.8) is 0 Å². The van der Waals surface area contributed by atoms with Gasteiger partial charge in [-0.2, -0.15) is 0 Å². The fourth-order valence-corrected chi connectivity index (χ4v) is 5.54. The van der Waals surface area contributed by atoms with Crippen molar-refractivity contribution in [3.8, 4) is 0 Å². The number of nitrogens with zero attached hydrogens (tertiary/aromatic N) is 1. The number of nitrogens with one attached hydrogen (secondary N) is 2. The third-order valence-electron chi connectivity index (χ3n) is 6.22. The second-order valence-electron chi connectivity index (χ2n) is 10.1. The fourth-order valence-electron chi connectivity index (χ4n) is 4.59. The maximum Gasteiger partial charge on any atom is 0.407 e. The van der Waals surface area contributed by atoms with Crippen LogP contribution in [0.1, 0.15) is 53.5 Å². The zero-order chi connectivity index (χ0) is 26.2. The Morgan fingerprint density at radius 3 is 2.43 bits per heavy atom. The number of ether oxygens (including phenoxy) is 1. The average molecular weight is 516 g/mol. The Balaban J connectivity index is 1.32. The molecule has 8 heteroatoms.